The molecule has 0 saturated carbocycles. The average molecular weight is 247 g/mol. The predicted octanol–water partition coefficient (Wildman–Crippen LogP) is 1.78. The molecule has 0 fully saturated rings. The largest absolute Gasteiger partial charge is 0.383 e. The number of methoxy groups -OCH3 is 1. The van der Waals surface area contributed by atoms with Crippen LogP contribution in [-0.4, -0.2) is 32.2 Å². The third-order valence-corrected chi connectivity index (χ3v) is 4.10. The van der Waals surface area contributed by atoms with Gasteiger partial charge in [-0.25, -0.2) is 8.78 Å². The van der Waals surface area contributed by atoms with Crippen molar-refractivity contribution < 1.29 is 27.1 Å². The van der Waals surface area contributed by atoms with Crippen molar-refractivity contribution in [1.82, 2.24) is 0 Å². The van der Waals surface area contributed by atoms with Crippen molar-refractivity contribution in [3.63, 3.8) is 0 Å². The highest BCUT2D eigenvalue weighted by atomic mass is 31.2. The van der Waals surface area contributed by atoms with Crippen LogP contribution < -0.4 is 5.73 Å². The minimum atomic E-state index is -4.19. The van der Waals surface area contributed by atoms with E-state index >= 15 is 0 Å². The fourth-order valence-electron chi connectivity index (χ4n) is 0.899. The monoisotopic (exact) mass is 247 g/mol. The highest BCUT2D eigenvalue weighted by molar-refractivity contribution is 7.55. The molecule has 0 heterocycles. The molecule has 1 atom stereocenters. The topological polar surface area (TPSA) is 70.8 Å². The second-order valence-electron chi connectivity index (χ2n) is 2.59. The molecule has 15 heavy (non-hydrogen) atoms. The van der Waals surface area contributed by atoms with Crippen LogP contribution in [-0.2, 0) is 18.3 Å². The Balaban J connectivity index is 5.10. The van der Waals surface area contributed by atoms with E-state index in [-0.39, 0.29) is 13.2 Å². The Bertz CT molecular complexity index is 231. The zero-order chi connectivity index (χ0) is 12.1. The molecule has 0 saturated heterocycles. The highest BCUT2D eigenvalue weighted by Gasteiger charge is 2.56. The molecule has 0 aromatic rings. The Kier molecular flexibility index (Phi) is 5.84. The summed E-state index contributed by atoms with van der Waals surface area (Å²) in [6.07, 6.45) is -3.17. The third kappa shape index (κ3) is 2.95. The van der Waals surface area contributed by atoms with E-state index in [1.807, 2.05) is 0 Å². The minimum Gasteiger partial charge on any atom is -0.349 e. The van der Waals surface area contributed by atoms with Gasteiger partial charge in [-0.2, -0.15) is 0 Å². The summed E-state index contributed by atoms with van der Waals surface area (Å²) in [4.78, 5) is 0. The van der Waals surface area contributed by atoms with E-state index in [0.717, 1.165) is 7.11 Å². The fraction of sp³-hybridized carbons (Fsp3) is 1.00. The predicted molar refractivity (Wildman–Crippen MR) is 50.8 cm³/mol. The number of hydrogen-bond acceptors (Lipinski definition) is 5. The zero-order valence-electron chi connectivity index (χ0n) is 8.91. The molecule has 0 radical (unpaired) electrons. The lowest BCUT2D eigenvalue weighted by molar-refractivity contribution is -0.0798. The van der Waals surface area contributed by atoms with E-state index in [9.17, 15) is 13.3 Å². The number of halogens is 2. The Morgan fingerprint density at radius 3 is 1.93 bits per heavy atom. The Labute approximate surface area is 87.4 Å². The van der Waals surface area contributed by atoms with Gasteiger partial charge < -0.3 is 13.8 Å². The summed E-state index contributed by atoms with van der Waals surface area (Å²) < 4.78 is 51.0. The van der Waals surface area contributed by atoms with Crippen molar-refractivity contribution in [2.75, 3.05) is 20.3 Å². The van der Waals surface area contributed by atoms with Gasteiger partial charge in [-0.15, -0.1) is 0 Å². The van der Waals surface area contributed by atoms with Crippen molar-refractivity contribution >= 4 is 7.60 Å². The molecule has 0 rings (SSSR count). The van der Waals surface area contributed by atoms with Gasteiger partial charge in [0.15, 0.2) is 0 Å². The van der Waals surface area contributed by atoms with Crippen LogP contribution in [0.3, 0.4) is 0 Å². The molecule has 8 heteroatoms. The van der Waals surface area contributed by atoms with Gasteiger partial charge in [-0.3, -0.25) is 10.3 Å². The summed E-state index contributed by atoms with van der Waals surface area (Å²) >= 11 is 0. The summed E-state index contributed by atoms with van der Waals surface area (Å²) in [7, 11) is -3.26. The third-order valence-electron chi connectivity index (χ3n) is 1.67. The van der Waals surface area contributed by atoms with Gasteiger partial charge >= 0.3 is 7.60 Å². The standard InChI is InChI=1S/C7H16F2NO4P/c1-4-13-15(11,14-5-2)7(10,12-3)6(8)9/h6H,4-5,10H2,1-3H3/t7-/m1/s1. The summed E-state index contributed by atoms with van der Waals surface area (Å²) in [6.45, 7) is 2.86. The maximum absolute atomic E-state index is 12.6. The molecular weight excluding hydrogens is 231 g/mol. The van der Waals surface area contributed by atoms with Gasteiger partial charge in [0.25, 0.3) is 11.9 Å². The smallest absolute Gasteiger partial charge is 0.349 e. The molecule has 0 bridgehead atoms. The summed E-state index contributed by atoms with van der Waals surface area (Å²) in [6, 6.07) is 0. The summed E-state index contributed by atoms with van der Waals surface area (Å²) in [5.41, 5.74) is 2.48. The van der Waals surface area contributed by atoms with E-state index in [0.29, 0.717) is 0 Å². The maximum atomic E-state index is 12.6. The molecule has 0 unspecified atom stereocenters. The van der Waals surface area contributed by atoms with Crippen molar-refractivity contribution in [3.05, 3.63) is 0 Å². The van der Waals surface area contributed by atoms with Gasteiger partial charge in [0.05, 0.1) is 13.2 Å². The second kappa shape index (κ2) is 5.86. The Hall–Kier alpha value is -0.0700. The highest BCUT2D eigenvalue weighted by Crippen LogP contribution is 2.59. The fourth-order valence-corrected chi connectivity index (χ4v) is 2.52. The molecule has 0 aliphatic rings. The number of rotatable bonds is 7. The van der Waals surface area contributed by atoms with Crippen molar-refractivity contribution in [2.24, 2.45) is 5.73 Å². The van der Waals surface area contributed by atoms with Crippen LogP contribution in [0.4, 0.5) is 8.78 Å². The number of alkyl halides is 2. The van der Waals surface area contributed by atoms with Crippen molar-refractivity contribution in [3.8, 4) is 0 Å². The van der Waals surface area contributed by atoms with Crippen LogP contribution in [0.15, 0.2) is 0 Å². The van der Waals surface area contributed by atoms with Crippen LogP contribution in [0.25, 0.3) is 0 Å². The van der Waals surface area contributed by atoms with Gasteiger partial charge in [0.2, 0.25) is 0 Å². The molecule has 0 spiro atoms. The van der Waals surface area contributed by atoms with E-state index in [1.54, 1.807) is 0 Å². The molecule has 92 valence electrons. The van der Waals surface area contributed by atoms with Crippen molar-refractivity contribution in [1.29, 1.82) is 0 Å². The molecule has 2 N–H and O–H groups in total. The molecule has 5 nitrogen and oxygen atoms in total. The zero-order valence-corrected chi connectivity index (χ0v) is 9.80. The maximum Gasteiger partial charge on any atom is 0.383 e. The van der Waals surface area contributed by atoms with Crippen LogP contribution in [0.5, 0.6) is 0 Å². The summed E-state index contributed by atoms with van der Waals surface area (Å²) in [5.74, 6) is 0. The van der Waals surface area contributed by atoms with Crippen LogP contribution in [0, 0.1) is 0 Å². The van der Waals surface area contributed by atoms with Crippen LogP contribution in [0.1, 0.15) is 13.8 Å². The lowest BCUT2D eigenvalue weighted by atomic mass is 10.6. The van der Waals surface area contributed by atoms with Crippen molar-refractivity contribution in [2.45, 2.75) is 25.7 Å². The first-order valence-corrected chi connectivity index (χ1v) is 5.93. The van der Waals surface area contributed by atoms with E-state index in [2.05, 4.69) is 4.74 Å². The normalized spacial score (nSPS) is 16.7. The molecule has 0 aromatic heterocycles. The Morgan fingerprint density at radius 1 is 1.33 bits per heavy atom. The first kappa shape index (κ1) is 14.9. The quantitative estimate of drug-likeness (QED) is 0.548. The Morgan fingerprint density at radius 2 is 1.73 bits per heavy atom. The van der Waals surface area contributed by atoms with Crippen LogP contribution >= 0.6 is 7.60 Å². The van der Waals surface area contributed by atoms with Crippen LogP contribution in [0.2, 0.25) is 0 Å². The molecule has 0 amide bonds. The van der Waals surface area contributed by atoms with Gasteiger partial charge in [0, 0.05) is 7.11 Å². The van der Waals surface area contributed by atoms with E-state index in [1.165, 1.54) is 13.8 Å². The minimum absolute atomic E-state index is 0.0632. The molecule has 0 aliphatic carbocycles. The SMILES string of the molecule is CCOP(=O)(OCC)[C@](N)(OC)C(F)F. The molecular formula is C7H16F2NO4P. The van der Waals surface area contributed by atoms with E-state index < -0.39 is 19.5 Å². The number of ether oxygens (including phenoxy) is 1. The molecule has 0 aromatic carbocycles. The lowest BCUT2D eigenvalue weighted by Gasteiger charge is -2.33. The second-order valence-corrected chi connectivity index (χ2v) is 4.80. The average Bonchev–Trinajstić information content (AvgIpc) is 2.16. The number of hydrogen-bond donors (Lipinski definition) is 1. The van der Waals surface area contributed by atoms with Gasteiger partial charge in [-0.1, -0.05) is 0 Å². The van der Waals surface area contributed by atoms with E-state index in [4.69, 9.17) is 14.8 Å². The summed E-state index contributed by atoms with van der Waals surface area (Å²) in [5, 5.41) is 0. The molecule has 0 aliphatic heterocycles. The first-order chi connectivity index (χ1) is 6.88. The van der Waals surface area contributed by atoms with Gasteiger partial charge in [0.1, 0.15) is 0 Å². The van der Waals surface area contributed by atoms with Gasteiger partial charge in [-0.05, 0) is 13.8 Å². The lowest BCUT2D eigenvalue weighted by Crippen LogP contribution is -2.49. The first-order valence-electron chi connectivity index (χ1n) is 4.39. The number of nitrogens with two attached hydrogens (primary N) is 1.